The normalized spacial score (nSPS) is 27.3. The SMILES string of the molecule is CCC1CCC(=O)C(CC(O)COC(C)COC)C1. The molecule has 1 aliphatic carbocycles. The molecule has 4 nitrogen and oxygen atoms in total. The highest BCUT2D eigenvalue weighted by Crippen LogP contribution is 2.31. The third-order valence-corrected chi connectivity index (χ3v) is 3.98. The number of ketones is 1. The van der Waals surface area contributed by atoms with E-state index in [1.165, 1.54) is 0 Å². The molecule has 0 aromatic heterocycles. The van der Waals surface area contributed by atoms with E-state index in [0.717, 1.165) is 19.3 Å². The molecule has 0 saturated heterocycles. The van der Waals surface area contributed by atoms with Gasteiger partial charge in [-0.1, -0.05) is 13.3 Å². The molecule has 4 atom stereocenters. The van der Waals surface area contributed by atoms with Crippen LogP contribution in [0, 0.1) is 11.8 Å². The topological polar surface area (TPSA) is 55.8 Å². The number of hydrogen-bond acceptors (Lipinski definition) is 4. The quantitative estimate of drug-likeness (QED) is 0.736. The molecule has 0 bridgehead atoms. The Hall–Kier alpha value is -0.450. The third kappa shape index (κ3) is 6.02. The van der Waals surface area contributed by atoms with E-state index in [4.69, 9.17) is 9.47 Å². The van der Waals surface area contributed by atoms with Crippen molar-refractivity contribution in [1.29, 1.82) is 0 Å². The lowest BCUT2D eigenvalue weighted by Gasteiger charge is -2.29. The first kappa shape index (κ1) is 16.6. The van der Waals surface area contributed by atoms with Gasteiger partial charge in [-0.15, -0.1) is 0 Å². The largest absolute Gasteiger partial charge is 0.391 e. The van der Waals surface area contributed by atoms with Crippen molar-refractivity contribution in [3.8, 4) is 0 Å². The predicted octanol–water partition coefficient (Wildman–Crippen LogP) is 2.18. The van der Waals surface area contributed by atoms with Crippen molar-refractivity contribution in [2.75, 3.05) is 20.3 Å². The minimum absolute atomic E-state index is 0.0231. The molecule has 0 spiro atoms. The molecule has 1 aliphatic rings. The highest BCUT2D eigenvalue weighted by Gasteiger charge is 2.29. The van der Waals surface area contributed by atoms with E-state index >= 15 is 0 Å². The van der Waals surface area contributed by atoms with E-state index in [2.05, 4.69) is 6.92 Å². The smallest absolute Gasteiger partial charge is 0.136 e. The molecule has 4 heteroatoms. The molecular weight excluding hydrogens is 244 g/mol. The molecule has 112 valence electrons. The zero-order chi connectivity index (χ0) is 14.3. The molecule has 4 unspecified atom stereocenters. The lowest BCUT2D eigenvalue weighted by atomic mass is 9.77. The van der Waals surface area contributed by atoms with Crippen LogP contribution in [-0.4, -0.2) is 43.4 Å². The second-order valence-corrected chi connectivity index (χ2v) is 5.70. The van der Waals surface area contributed by atoms with Crippen molar-refractivity contribution in [3.05, 3.63) is 0 Å². The van der Waals surface area contributed by atoms with Crippen LogP contribution < -0.4 is 0 Å². The number of hydrogen-bond donors (Lipinski definition) is 1. The summed E-state index contributed by atoms with van der Waals surface area (Å²) in [6.45, 7) is 4.89. The minimum Gasteiger partial charge on any atom is -0.391 e. The zero-order valence-corrected chi connectivity index (χ0v) is 12.4. The summed E-state index contributed by atoms with van der Waals surface area (Å²) in [5.74, 6) is 0.979. The average Bonchev–Trinajstić information content (AvgIpc) is 2.39. The number of aliphatic hydroxyl groups is 1. The number of Topliss-reactive ketones (excluding diaryl/α,β-unsaturated/α-hetero) is 1. The molecule has 1 fully saturated rings. The molecule has 1 rings (SSSR count). The third-order valence-electron chi connectivity index (χ3n) is 3.98. The van der Waals surface area contributed by atoms with Crippen molar-refractivity contribution in [2.24, 2.45) is 11.8 Å². The Morgan fingerprint density at radius 1 is 1.42 bits per heavy atom. The van der Waals surface area contributed by atoms with Gasteiger partial charge in [0.25, 0.3) is 0 Å². The second-order valence-electron chi connectivity index (χ2n) is 5.70. The molecule has 0 amide bonds. The highest BCUT2D eigenvalue weighted by molar-refractivity contribution is 5.81. The Balaban J connectivity index is 2.29. The van der Waals surface area contributed by atoms with Crippen molar-refractivity contribution in [3.63, 3.8) is 0 Å². The maximum atomic E-state index is 11.9. The molecule has 0 aliphatic heterocycles. The van der Waals surface area contributed by atoms with Crippen LogP contribution in [0.4, 0.5) is 0 Å². The lowest BCUT2D eigenvalue weighted by Crippen LogP contribution is -2.31. The van der Waals surface area contributed by atoms with Crippen LogP contribution in [0.2, 0.25) is 0 Å². The second kappa shape index (κ2) is 8.67. The fourth-order valence-corrected chi connectivity index (χ4v) is 2.76. The van der Waals surface area contributed by atoms with Crippen LogP contribution in [0.1, 0.15) is 46.0 Å². The number of rotatable bonds is 8. The fraction of sp³-hybridized carbons (Fsp3) is 0.933. The molecule has 1 saturated carbocycles. The summed E-state index contributed by atoms with van der Waals surface area (Å²) in [4.78, 5) is 11.9. The summed E-state index contributed by atoms with van der Waals surface area (Å²) in [5.41, 5.74) is 0. The first-order valence-electron chi connectivity index (χ1n) is 7.38. The van der Waals surface area contributed by atoms with Crippen LogP contribution in [0.5, 0.6) is 0 Å². The van der Waals surface area contributed by atoms with Gasteiger partial charge in [0.1, 0.15) is 5.78 Å². The van der Waals surface area contributed by atoms with Crippen LogP contribution in [0.3, 0.4) is 0 Å². The van der Waals surface area contributed by atoms with E-state index in [9.17, 15) is 9.90 Å². The van der Waals surface area contributed by atoms with Crippen LogP contribution >= 0.6 is 0 Å². The van der Waals surface area contributed by atoms with E-state index in [1.807, 2.05) is 6.92 Å². The summed E-state index contributed by atoms with van der Waals surface area (Å²) in [7, 11) is 1.63. The van der Waals surface area contributed by atoms with E-state index in [-0.39, 0.29) is 18.6 Å². The molecule has 1 N–H and O–H groups in total. The first-order valence-corrected chi connectivity index (χ1v) is 7.38. The Labute approximate surface area is 116 Å². The van der Waals surface area contributed by atoms with Gasteiger partial charge in [-0.3, -0.25) is 4.79 Å². The van der Waals surface area contributed by atoms with E-state index in [0.29, 0.717) is 31.1 Å². The molecule has 0 radical (unpaired) electrons. The van der Waals surface area contributed by atoms with Crippen molar-refractivity contribution < 1.29 is 19.4 Å². The molecule has 0 heterocycles. The number of ether oxygens (including phenoxy) is 2. The predicted molar refractivity (Wildman–Crippen MR) is 74.0 cm³/mol. The Morgan fingerprint density at radius 3 is 2.79 bits per heavy atom. The minimum atomic E-state index is -0.552. The van der Waals surface area contributed by atoms with Crippen LogP contribution in [0.15, 0.2) is 0 Å². The zero-order valence-electron chi connectivity index (χ0n) is 12.4. The van der Waals surface area contributed by atoms with E-state index in [1.54, 1.807) is 7.11 Å². The standard InChI is InChI=1S/C15H28O4/c1-4-12-5-6-15(17)13(7-12)8-14(16)10-19-11(2)9-18-3/h11-14,16H,4-10H2,1-3H3. The van der Waals surface area contributed by atoms with Crippen molar-refractivity contribution >= 4 is 5.78 Å². The van der Waals surface area contributed by atoms with Crippen molar-refractivity contribution in [2.45, 2.75) is 58.2 Å². The maximum absolute atomic E-state index is 11.9. The highest BCUT2D eigenvalue weighted by atomic mass is 16.5. The van der Waals surface area contributed by atoms with Gasteiger partial charge in [0.2, 0.25) is 0 Å². The summed E-state index contributed by atoms with van der Waals surface area (Å²) >= 11 is 0. The summed E-state index contributed by atoms with van der Waals surface area (Å²) < 4.78 is 10.5. The Morgan fingerprint density at radius 2 is 2.16 bits per heavy atom. The first-order chi connectivity index (χ1) is 9.06. The molecule has 0 aromatic carbocycles. The van der Waals surface area contributed by atoms with Gasteiger partial charge >= 0.3 is 0 Å². The summed E-state index contributed by atoms with van der Waals surface area (Å²) in [5, 5.41) is 9.98. The average molecular weight is 272 g/mol. The van der Waals surface area contributed by atoms with Gasteiger partial charge in [0, 0.05) is 19.4 Å². The molecule has 0 aromatic rings. The van der Waals surface area contributed by atoms with E-state index < -0.39 is 6.10 Å². The fourth-order valence-electron chi connectivity index (χ4n) is 2.76. The van der Waals surface area contributed by atoms with Crippen LogP contribution in [-0.2, 0) is 14.3 Å². The molecular formula is C15H28O4. The van der Waals surface area contributed by atoms with Gasteiger partial charge in [-0.2, -0.15) is 0 Å². The van der Waals surface area contributed by atoms with Gasteiger partial charge in [0.15, 0.2) is 0 Å². The number of aliphatic hydroxyl groups excluding tert-OH is 1. The van der Waals surface area contributed by atoms with Crippen LogP contribution in [0.25, 0.3) is 0 Å². The Bertz CT molecular complexity index is 267. The van der Waals surface area contributed by atoms with Gasteiger partial charge in [-0.25, -0.2) is 0 Å². The van der Waals surface area contributed by atoms with Gasteiger partial charge < -0.3 is 14.6 Å². The number of carbonyl (C=O) groups is 1. The number of methoxy groups -OCH3 is 1. The van der Waals surface area contributed by atoms with Crippen molar-refractivity contribution in [1.82, 2.24) is 0 Å². The molecule has 19 heavy (non-hydrogen) atoms. The lowest BCUT2D eigenvalue weighted by molar-refractivity contribution is -0.127. The monoisotopic (exact) mass is 272 g/mol. The summed E-state index contributed by atoms with van der Waals surface area (Å²) in [6.07, 6.45) is 3.71. The maximum Gasteiger partial charge on any atom is 0.136 e. The number of carbonyl (C=O) groups excluding carboxylic acids is 1. The summed E-state index contributed by atoms with van der Waals surface area (Å²) in [6, 6.07) is 0. The Kier molecular flexibility index (Phi) is 7.57. The van der Waals surface area contributed by atoms with Gasteiger partial charge in [-0.05, 0) is 32.1 Å². The van der Waals surface area contributed by atoms with Gasteiger partial charge in [0.05, 0.1) is 25.4 Å².